The first-order valence-corrected chi connectivity index (χ1v) is 3.26. The number of hydrogen-bond donors (Lipinski definition) is 3. The van der Waals surface area contributed by atoms with Crippen molar-refractivity contribution in [2.24, 2.45) is 0 Å². The summed E-state index contributed by atoms with van der Waals surface area (Å²) in [5, 5.41) is 24.9. The second kappa shape index (κ2) is 3.51. The van der Waals surface area contributed by atoms with E-state index in [9.17, 15) is 18.0 Å². The molecule has 4 nitrogen and oxygen atoms in total. The molecule has 0 aromatic heterocycles. The van der Waals surface area contributed by atoms with E-state index in [1.165, 1.54) is 0 Å². The minimum Gasteiger partial charge on any atom is -0.477 e. The van der Waals surface area contributed by atoms with Crippen LogP contribution in [0.15, 0.2) is 0 Å². The molecule has 7 heteroatoms. The number of carbonyl (C=O) groups is 1. The van der Waals surface area contributed by atoms with Gasteiger partial charge in [-0.25, -0.2) is 9.18 Å². The molecule has 13 heavy (non-hydrogen) atoms. The highest BCUT2D eigenvalue weighted by molar-refractivity contribution is 5.77. The Morgan fingerprint density at radius 2 is 1.92 bits per heavy atom. The Hall–Kier alpha value is -0.820. The molecule has 0 fully saturated rings. The predicted molar refractivity (Wildman–Crippen MR) is 35.2 cm³/mol. The third kappa shape index (κ3) is 1.92. The predicted octanol–water partition coefficient (Wildman–Crippen LogP) is -0.212. The van der Waals surface area contributed by atoms with Crippen LogP contribution in [-0.4, -0.2) is 45.6 Å². The van der Waals surface area contributed by atoms with Gasteiger partial charge in [0.1, 0.15) is 0 Å². The van der Waals surface area contributed by atoms with Gasteiger partial charge in [0.2, 0.25) is 0 Å². The fourth-order valence-corrected chi connectivity index (χ4v) is 0.591. The topological polar surface area (TPSA) is 77.8 Å². The molecule has 0 saturated heterocycles. The number of carboxylic acids is 1. The molecule has 0 aliphatic heterocycles. The zero-order valence-electron chi connectivity index (χ0n) is 6.67. The second-order valence-corrected chi connectivity index (χ2v) is 2.68. The van der Waals surface area contributed by atoms with Crippen LogP contribution in [0.5, 0.6) is 0 Å². The van der Waals surface area contributed by atoms with E-state index in [0.717, 1.165) is 0 Å². The van der Waals surface area contributed by atoms with Crippen LogP contribution in [0.3, 0.4) is 0 Å². The zero-order valence-corrected chi connectivity index (χ0v) is 6.67. The maximum absolute atomic E-state index is 12.6. The number of aliphatic carboxylic acids is 1. The van der Waals surface area contributed by atoms with Crippen molar-refractivity contribution in [2.45, 2.75) is 24.6 Å². The molecule has 0 spiro atoms. The van der Waals surface area contributed by atoms with Crippen molar-refractivity contribution in [3.8, 4) is 0 Å². The molecule has 0 heterocycles. The summed E-state index contributed by atoms with van der Waals surface area (Å²) >= 11 is 0. The van der Waals surface area contributed by atoms with Crippen molar-refractivity contribution in [2.75, 3.05) is 6.61 Å². The van der Waals surface area contributed by atoms with Crippen molar-refractivity contribution in [3.63, 3.8) is 0 Å². The summed E-state index contributed by atoms with van der Waals surface area (Å²) < 4.78 is 37.6. The maximum Gasteiger partial charge on any atom is 0.377 e. The van der Waals surface area contributed by atoms with Gasteiger partial charge in [0, 0.05) is 0 Å². The highest BCUT2D eigenvalue weighted by atomic mass is 19.3. The monoisotopic (exact) mass is 202 g/mol. The van der Waals surface area contributed by atoms with Gasteiger partial charge in [-0.1, -0.05) is 0 Å². The molecular weight excluding hydrogens is 193 g/mol. The van der Waals surface area contributed by atoms with E-state index in [-0.39, 0.29) is 0 Å². The lowest BCUT2D eigenvalue weighted by Gasteiger charge is -2.31. The number of aliphatic hydroxyl groups excluding tert-OH is 1. The lowest BCUT2D eigenvalue weighted by Crippen LogP contribution is -2.58. The van der Waals surface area contributed by atoms with E-state index in [0.29, 0.717) is 6.92 Å². The molecule has 78 valence electrons. The third-order valence-corrected chi connectivity index (χ3v) is 1.67. The maximum atomic E-state index is 12.6. The van der Waals surface area contributed by atoms with Crippen molar-refractivity contribution < 1.29 is 33.3 Å². The molecule has 0 aliphatic rings. The van der Waals surface area contributed by atoms with Crippen LogP contribution in [0.25, 0.3) is 0 Å². The van der Waals surface area contributed by atoms with E-state index in [4.69, 9.17) is 15.3 Å². The number of hydrogen-bond acceptors (Lipinski definition) is 3. The molecule has 2 unspecified atom stereocenters. The van der Waals surface area contributed by atoms with Gasteiger partial charge in [0.15, 0.2) is 11.8 Å². The van der Waals surface area contributed by atoms with Crippen LogP contribution in [0.2, 0.25) is 0 Å². The number of carboxylic acid groups (broad SMARTS) is 1. The van der Waals surface area contributed by atoms with E-state index in [1.54, 1.807) is 0 Å². The van der Waals surface area contributed by atoms with Crippen LogP contribution >= 0.6 is 0 Å². The summed E-state index contributed by atoms with van der Waals surface area (Å²) in [4.78, 5) is 9.93. The van der Waals surface area contributed by atoms with Gasteiger partial charge in [0.05, 0.1) is 6.61 Å². The SMILES string of the molecule is CC(O)(C(F)CO)C(F)(F)C(=O)O. The molecule has 0 bridgehead atoms. The van der Waals surface area contributed by atoms with E-state index in [1.807, 2.05) is 0 Å². The van der Waals surface area contributed by atoms with Crippen molar-refractivity contribution in [1.82, 2.24) is 0 Å². The molecule has 0 rings (SSSR count). The Kier molecular flexibility index (Phi) is 3.28. The van der Waals surface area contributed by atoms with Gasteiger partial charge in [-0.05, 0) is 6.92 Å². The molecule has 0 saturated carbocycles. The van der Waals surface area contributed by atoms with Gasteiger partial charge in [-0.15, -0.1) is 0 Å². The highest BCUT2D eigenvalue weighted by Gasteiger charge is 2.60. The van der Waals surface area contributed by atoms with Crippen molar-refractivity contribution in [1.29, 1.82) is 0 Å². The zero-order chi connectivity index (χ0) is 10.9. The number of aliphatic hydroxyl groups is 2. The van der Waals surface area contributed by atoms with Gasteiger partial charge >= 0.3 is 11.9 Å². The Bertz CT molecular complexity index is 204. The van der Waals surface area contributed by atoms with Crippen LogP contribution < -0.4 is 0 Å². The minimum absolute atomic E-state index is 0.308. The third-order valence-electron chi connectivity index (χ3n) is 1.67. The van der Waals surface area contributed by atoms with Crippen LogP contribution in [0, 0.1) is 0 Å². The van der Waals surface area contributed by atoms with Gasteiger partial charge in [-0.3, -0.25) is 0 Å². The average molecular weight is 202 g/mol. The normalized spacial score (nSPS) is 19.2. The Morgan fingerprint density at radius 1 is 1.54 bits per heavy atom. The fraction of sp³-hybridized carbons (Fsp3) is 0.833. The van der Waals surface area contributed by atoms with Gasteiger partial charge in [-0.2, -0.15) is 8.78 Å². The quantitative estimate of drug-likeness (QED) is 0.589. The summed E-state index contributed by atoms with van der Waals surface area (Å²) in [6, 6.07) is 0. The first kappa shape index (κ1) is 12.2. The lowest BCUT2D eigenvalue weighted by atomic mass is 9.93. The first-order valence-electron chi connectivity index (χ1n) is 3.26. The molecule has 3 N–H and O–H groups in total. The van der Waals surface area contributed by atoms with E-state index < -0.39 is 30.3 Å². The molecule has 0 amide bonds. The van der Waals surface area contributed by atoms with Crippen LogP contribution in [0.1, 0.15) is 6.92 Å². The molecule has 0 aromatic rings. The van der Waals surface area contributed by atoms with Crippen LogP contribution in [0.4, 0.5) is 13.2 Å². The number of alkyl halides is 3. The van der Waals surface area contributed by atoms with Gasteiger partial charge < -0.3 is 15.3 Å². The second-order valence-electron chi connectivity index (χ2n) is 2.68. The lowest BCUT2D eigenvalue weighted by molar-refractivity contribution is -0.222. The van der Waals surface area contributed by atoms with E-state index in [2.05, 4.69) is 0 Å². The Balaban J connectivity index is 4.90. The summed E-state index contributed by atoms with van der Waals surface area (Å²) in [7, 11) is 0. The Labute approximate surface area is 71.6 Å². The average Bonchev–Trinajstić information content (AvgIpc) is 2.02. The molecular formula is C6H9F3O4. The van der Waals surface area contributed by atoms with Crippen molar-refractivity contribution in [3.05, 3.63) is 0 Å². The highest BCUT2D eigenvalue weighted by Crippen LogP contribution is 2.33. The number of rotatable bonds is 4. The van der Waals surface area contributed by atoms with Gasteiger partial charge in [0.25, 0.3) is 0 Å². The molecule has 0 aromatic carbocycles. The summed E-state index contributed by atoms with van der Waals surface area (Å²) in [6.45, 7) is -1.07. The molecule has 0 radical (unpaired) electrons. The molecule has 0 aliphatic carbocycles. The van der Waals surface area contributed by atoms with Crippen molar-refractivity contribution >= 4 is 5.97 Å². The first-order chi connectivity index (χ1) is 5.67. The largest absolute Gasteiger partial charge is 0.477 e. The smallest absolute Gasteiger partial charge is 0.377 e. The standard InChI is InChI=1S/C6H9F3O4/c1-5(13,3(7)2-10)6(8,9)4(11)12/h3,10,13H,2H2,1H3,(H,11,12). The molecule has 2 atom stereocenters. The van der Waals surface area contributed by atoms with Crippen LogP contribution in [-0.2, 0) is 4.79 Å². The summed E-state index contributed by atoms with van der Waals surface area (Å²) in [6.07, 6.45) is -2.72. The summed E-state index contributed by atoms with van der Waals surface area (Å²) in [5.74, 6) is -7.29. The van der Waals surface area contributed by atoms with E-state index >= 15 is 0 Å². The minimum atomic E-state index is -4.64. The fourth-order valence-electron chi connectivity index (χ4n) is 0.591. The Morgan fingerprint density at radius 3 is 2.15 bits per heavy atom. The number of halogens is 3. The summed E-state index contributed by atoms with van der Waals surface area (Å²) in [5.41, 5.74) is -3.42.